The number of ether oxygens (including phenoxy) is 3. The number of benzene rings is 1. The fourth-order valence-electron chi connectivity index (χ4n) is 4.66. The first kappa shape index (κ1) is 21.7. The molecule has 8 nitrogen and oxygen atoms in total. The summed E-state index contributed by atoms with van der Waals surface area (Å²) in [5, 5.41) is 11.8. The minimum Gasteiger partial charge on any atom is -0.493 e. The Balaban J connectivity index is 1.30. The van der Waals surface area contributed by atoms with E-state index >= 15 is 0 Å². The number of hydrogen-bond donors (Lipinski definition) is 0. The van der Waals surface area contributed by atoms with Gasteiger partial charge in [0, 0.05) is 38.0 Å². The van der Waals surface area contributed by atoms with Crippen molar-refractivity contribution in [3.05, 3.63) is 34.9 Å². The van der Waals surface area contributed by atoms with Crippen LogP contribution in [-0.2, 0) is 9.53 Å². The molecule has 0 spiro atoms. The van der Waals surface area contributed by atoms with E-state index in [9.17, 15) is 10.1 Å². The Labute approximate surface area is 197 Å². The van der Waals surface area contributed by atoms with E-state index in [1.807, 2.05) is 12.1 Å². The van der Waals surface area contributed by atoms with Crippen LogP contribution in [0.5, 0.6) is 11.5 Å². The highest BCUT2D eigenvalue weighted by molar-refractivity contribution is 7.20. The number of piperidine rings is 1. The van der Waals surface area contributed by atoms with E-state index in [2.05, 4.69) is 16.0 Å². The lowest BCUT2D eigenvalue weighted by atomic mass is 9.84. The smallest absolute Gasteiger partial charge is 0.260 e. The van der Waals surface area contributed by atoms with Crippen LogP contribution in [0.3, 0.4) is 0 Å². The Morgan fingerprint density at radius 1 is 1.27 bits per heavy atom. The average Bonchev–Trinajstić information content (AvgIpc) is 3.28. The number of fused-ring (bicyclic) bond motifs is 2. The zero-order chi connectivity index (χ0) is 22.8. The quantitative estimate of drug-likeness (QED) is 0.607. The maximum Gasteiger partial charge on any atom is 0.260 e. The van der Waals surface area contributed by atoms with E-state index in [0.29, 0.717) is 49.3 Å². The van der Waals surface area contributed by atoms with Crippen LogP contribution >= 0.6 is 11.3 Å². The van der Waals surface area contributed by atoms with Crippen LogP contribution in [0.1, 0.15) is 35.4 Å². The van der Waals surface area contributed by atoms with Gasteiger partial charge in [0.15, 0.2) is 18.1 Å². The maximum atomic E-state index is 12.3. The molecule has 0 atom stereocenters. The number of anilines is 1. The molecule has 4 aliphatic heterocycles. The number of carbonyl (C=O) groups excluding carboxylic acids is 1. The number of amides is 1. The second kappa shape index (κ2) is 9.41. The predicted molar refractivity (Wildman–Crippen MR) is 126 cm³/mol. The molecule has 5 heterocycles. The molecule has 2 aromatic rings. The molecule has 6 rings (SSSR count). The average molecular weight is 467 g/mol. The Morgan fingerprint density at radius 3 is 2.79 bits per heavy atom. The summed E-state index contributed by atoms with van der Waals surface area (Å²) >= 11 is 1.61. The van der Waals surface area contributed by atoms with Gasteiger partial charge in [0.25, 0.3) is 5.91 Å². The summed E-state index contributed by atoms with van der Waals surface area (Å²) in [6.07, 6.45) is 3.99. The van der Waals surface area contributed by atoms with Gasteiger partial charge in [-0.1, -0.05) is 11.3 Å². The molecule has 2 bridgehead atoms. The number of thiophene rings is 1. The van der Waals surface area contributed by atoms with Gasteiger partial charge in [-0.25, -0.2) is 4.99 Å². The number of aliphatic imine (C=N–C) groups is 1. The molecule has 0 unspecified atom stereocenters. The third-order valence-electron chi connectivity index (χ3n) is 6.44. The third-order valence-corrected chi connectivity index (χ3v) is 7.62. The monoisotopic (exact) mass is 466 g/mol. The largest absolute Gasteiger partial charge is 0.493 e. The second-order valence-electron chi connectivity index (χ2n) is 8.32. The molecule has 0 N–H and O–H groups in total. The molecule has 0 saturated carbocycles. The van der Waals surface area contributed by atoms with Gasteiger partial charge in [-0.3, -0.25) is 4.79 Å². The Bertz CT molecular complexity index is 1110. The first-order valence-electron chi connectivity index (χ1n) is 11.2. The highest BCUT2D eigenvalue weighted by Crippen LogP contribution is 2.52. The minimum atomic E-state index is -0.0682. The van der Waals surface area contributed by atoms with Crippen molar-refractivity contribution in [2.24, 2.45) is 4.99 Å². The van der Waals surface area contributed by atoms with Crippen molar-refractivity contribution in [3.63, 3.8) is 0 Å². The van der Waals surface area contributed by atoms with Crippen molar-refractivity contribution in [2.45, 2.75) is 18.8 Å². The van der Waals surface area contributed by atoms with Crippen molar-refractivity contribution in [2.75, 3.05) is 58.0 Å². The van der Waals surface area contributed by atoms with Gasteiger partial charge in [0.2, 0.25) is 0 Å². The molecule has 2 saturated heterocycles. The highest BCUT2D eigenvalue weighted by Gasteiger charge is 2.36. The van der Waals surface area contributed by atoms with Crippen LogP contribution in [0, 0.1) is 11.3 Å². The van der Waals surface area contributed by atoms with E-state index in [4.69, 9.17) is 14.2 Å². The maximum absolute atomic E-state index is 12.3. The van der Waals surface area contributed by atoms with Gasteiger partial charge < -0.3 is 24.0 Å². The van der Waals surface area contributed by atoms with Gasteiger partial charge in [0.05, 0.1) is 30.9 Å². The van der Waals surface area contributed by atoms with E-state index in [-0.39, 0.29) is 12.5 Å². The summed E-state index contributed by atoms with van der Waals surface area (Å²) in [6, 6.07) is 7.87. The number of hydrogen-bond acceptors (Lipinski definition) is 8. The van der Waals surface area contributed by atoms with Crippen LogP contribution in [0.15, 0.2) is 23.2 Å². The number of nitrogens with zero attached hydrogens (tertiary/aromatic N) is 4. The Morgan fingerprint density at radius 2 is 2.06 bits per heavy atom. The van der Waals surface area contributed by atoms with E-state index in [1.54, 1.807) is 35.6 Å². The minimum absolute atomic E-state index is 0.0479. The molecule has 2 fully saturated rings. The summed E-state index contributed by atoms with van der Waals surface area (Å²) in [4.78, 5) is 21.1. The zero-order valence-corrected chi connectivity index (χ0v) is 19.4. The molecule has 0 aliphatic carbocycles. The fraction of sp³-hybridized carbons (Fsp3) is 0.458. The van der Waals surface area contributed by atoms with Gasteiger partial charge >= 0.3 is 0 Å². The zero-order valence-electron chi connectivity index (χ0n) is 18.6. The van der Waals surface area contributed by atoms with Crippen LogP contribution in [0.25, 0.3) is 0 Å². The third kappa shape index (κ3) is 4.28. The molecular formula is C24H26N4O4S. The standard InChI is InChI=1S/C24H26N4O4S/c1-30-20-12-16(2-3-19(20)32-15-21(29)27-8-10-31-11-9-27)14-26-23-18(13-25)22-17-4-6-28(7-5-17)24(22)33-23/h2-3,12,14,17H,4-11,15H2,1H3. The van der Waals surface area contributed by atoms with E-state index in [0.717, 1.165) is 36.5 Å². The lowest BCUT2D eigenvalue weighted by Gasteiger charge is -2.39. The lowest BCUT2D eigenvalue weighted by molar-refractivity contribution is -0.137. The molecule has 33 heavy (non-hydrogen) atoms. The summed E-state index contributed by atoms with van der Waals surface area (Å²) in [5.74, 6) is 1.45. The molecule has 4 aliphatic rings. The highest BCUT2D eigenvalue weighted by atomic mass is 32.1. The number of rotatable bonds is 6. The van der Waals surface area contributed by atoms with E-state index < -0.39 is 0 Å². The van der Waals surface area contributed by atoms with Crippen molar-refractivity contribution < 1.29 is 19.0 Å². The predicted octanol–water partition coefficient (Wildman–Crippen LogP) is 3.31. The van der Waals surface area contributed by atoms with Crippen LogP contribution in [0.4, 0.5) is 10.0 Å². The van der Waals surface area contributed by atoms with Crippen molar-refractivity contribution in [1.82, 2.24) is 4.90 Å². The molecule has 1 aromatic carbocycles. The lowest BCUT2D eigenvalue weighted by Crippen LogP contribution is -2.43. The molecule has 0 radical (unpaired) electrons. The molecule has 172 valence electrons. The second-order valence-corrected chi connectivity index (χ2v) is 9.30. The number of carbonyl (C=O) groups is 1. The summed E-state index contributed by atoms with van der Waals surface area (Å²) in [6.45, 7) is 4.38. The van der Waals surface area contributed by atoms with Gasteiger partial charge in [-0.05, 0) is 42.5 Å². The van der Waals surface area contributed by atoms with Crippen molar-refractivity contribution >= 4 is 33.5 Å². The number of nitriles is 1. The number of morpholine rings is 1. The summed E-state index contributed by atoms with van der Waals surface area (Å²) in [5.41, 5.74) is 2.74. The van der Waals surface area contributed by atoms with Crippen LogP contribution in [0.2, 0.25) is 0 Å². The van der Waals surface area contributed by atoms with Gasteiger partial charge in [-0.2, -0.15) is 5.26 Å². The molecule has 1 amide bonds. The number of methoxy groups -OCH3 is 1. The Hall–Kier alpha value is -3.09. The first-order chi connectivity index (χ1) is 16.2. The van der Waals surface area contributed by atoms with E-state index in [1.165, 1.54) is 10.6 Å². The fourth-order valence-corrected chi connectivity index (χ4v) is 5.90. The van der Waals surface area contributed by atoms with Gasteiger partial charge in [-0.15, -0.1) is 0 Å². The summed E-state index contributed by atoms with van der Waals surface area (Å²) < 4.78 is 16.5. The molecular weight excluding hydrogens is 440 g/mol. The summed E-state index contributed by atoms with van der Waals surface area (Å²) in [7, 11) is 1.57. The first-order valence-corrected chi connectivity index (χ1v) is 12.0. The van der Waals surface area contributed by atoms with Crippen molar-refractivity contribution in [3.8, 4) is 17.6 Å². The molecule has 1 aromatic heterocycles. The van der Waals surface area contributed by atoms with Crippen molar-refractivity contribution in [1.29, 1.82) is 5.26 Å². The Kier molecular flexibility index (Phi) is 6.20. The van der Waals surface area contributed by atoms with Crippen LogP contribution in [-0.4, -0.2) is 70.1 Å². The normalized spacial score (nSPS) is 17.8. The van der Waals surface area contributed by atoms with Crippen LogP contribution < -0.4 is 14.4 Å². The SMILES string of the molecule is COc1cc(C=Nc2sc3c(c2C#N)C2CCN3CC2)ccc1OCC(=O)N1CCOCC1. The molecule has 9 heteroatoms. The topological polar surface area (TPSA) is 87.4 Å². The van der Waals surface area contributed by atoms with Gasteiger partial charge in [0.1, 0.15) is 11.1 Å².